The van der Waals surface area contributed by atoms with E-state index in [9.17, 15) is 13.5 Å². The molecular weight excluding hydrogens is 444 g/mol. The van der Waals surface area contributed by atoms with E-state index in [4.69, 9.17) is 9.47 Å². The van der Waals surface area contributed by atoms with Crippen molar-refractivity contribution in [1.82, 2.24) is 9.97 Å². The number of nitrogens with one attached hydrogen (secondary N) is 1. The number of aromatic hydroxyl groups is 1. The Morgan fingerprint density at radius 3 is 2.45 bits per heavy atom. The molecule has 9 nitrogen and oxygen atoms in total. The van der Waals surface area contributed by atoms with E-state index < -0.39 is 10.0 Å². The maximum atomic E-state index is 12.8. The monoisotopic (exact) mass is 464 g/mol. The number of benzene rings is 3. The number of nitrogens with zero attached hydrogens (tertiary/aromatic N) is 3. The first kappa shape index (κ1) is 22.0. The van der Waals surface area contributed by atoms with Gasteiger partial charge in [-0.05, 0) is 41.1 Å². The average molecular weight is 465 g/mol. The standard InChI is InChI=1S/C23H20N4O5S/c1-31-22-13-21(25-23(26-22)32-2)27-33(29,30)17-10-8-16(9-11-17)24-14-19-18-6-4-3-5-15(18)7-12-20(19)28/h3-14,28H,1-2H3,(H,25,26,27). The lowest BCUT2D eigenvalue weighted by molar-refractivity contribution is 0.353. The number of rotatable bonds is 7. The lowest BCUT2D eigenvalue weighted by Crippen LogP contribution is -2.14. The van der Waals surface area contributed by atoms with Crippen LogP contribution in [0.15, 0.2) is 76.6 Å². The molecule has 1 heterocycles. The predicted octanol–water partition coefficient (Wildman–Crippen LogP) is 3.90. The summed E-state index contributed by atoms with van der Waals surface area (Å²) in [5.41, 5.74) is 1.10. The molecule has 0 amide bonds. The van der Waals surface area contributed by atoms with Gasteiger partial charge in [0, 0.05) is 17.8 Å². The van der Waals surface area contributed by atoms with E-state index in [1.54, 1.807) is 24.4 Å². The second-order valence-electron chi connectivity index (χ2n) is 6.86. The third-order valence-electron chi connectivity index (χ3n) is 4.75. The molecule has 0 aliphatic heterocycles. The highest BCUT2D eigenvalue weighted by atomic mass is 32.2. The summed E-state index contributed by atoms with van der Waals surface area (Å²) in [7, 11) is -1.16. The highest BCUT2D eigenvalue weighted by Gasteiger charge is 2.17. The molecule has 3 aromatic carbocycles. The molecule has 0 atom stereocenters. The van der Waals surface area contributed by atoms with E-state index in [-0.39, 0.29) is 28.4 Å². The van der Waals surface area contributed by atoms with Crippen molar-refractivity contribution in [3.63, 3.8) is 0 Å². The van der Waals surface area contributed by atoms with Crippen molar-refractivity contribution < 1.29 is 23.0 Å². The molecule has 1 aromatic heterocycles. The largest absolute Gasteiger partial charge is 0.507 e. The average Bonchev–Trinajstić information content (AvgIpc) is 2.83. The van der Waals surface area contributed by atoms with Crippen molar-refractivity contribution in [1.29, 1.82) is 0 Å². The molecule has 0 saturated carbocycles. The fourth-order valence-electron chi connectivity index (χ4n) is 3.12. The van der Waals surface area contributed by atoms with Crippen LogP contribution in [0.2, 0.25) is 0 Å². The lowest BCUT2D eigenvalue weighted by atomic mass is 10.0. The Hall–Kier alpha value is -4.18. The molecule has 10 heteroatoms. The van der Waals surface area contributed by atoms with Crippen molar-refractivity contribution >= 4 is 38.5 Å². The Kier molecular flexibility index (Phi) is 6.09. The van der Waals surface area contributed by atoms with E-state index in [1.165, 1.54) is 32.4 Å². The van der Waals surface area contributed by atoms with Crippen molar-refractivity contribution in [2.24, 2.45) is 4.99 Å². The first-order valence-electron chi connectivity index (χ1n) is 9.74. The third-order valence-corrected chi connectivity index (χ3v) is 6.12. The van der Waals surface area contributed by atoms with Crippen LogP contribution in [0.25, 0.3) is 10.8 Å². The van der Waals surface area contributed by atoms with Crippen LogP contribution >= 0.6 is 0 Å². The second kappa shape index (κ2) is 9.13. The van der Waals surface area contributed by atoms with E-state index >= 15 is 0 Å². The van der Waals surface area contributed by atoms with Gasteiger partial charge in [0.05, 0.1) is 24.8 Å². The zero-order valence-electron chi connectivity index (χ0n) is 17.8. The second-order valence-corrected chi connectivity index (χ2v) is 8.54. The summed E-state index contributed by atoms with van der Waals surface area (Å²) in [5.74, 6) is 0.268. The third kappa shape index (κ3) is 4.85. The minimum absolute atomic E-state index is 0.00669. The molecule has 0 aliphatic rings. The van der Waals surface area contributed by atoms with Gasteiger partial charge < -0.3 is 14.6 Å². The van der Waals surface area contributed by atoms with Gasteiger partial charge in [0.15, 0.2) is 5.82 Å². The Labute approximate surface area is 190 Å². The molecule has 2 N–H and O–H groups in total. The molecule has 0 unspecified atom stereocenters. The van der Waals surface area contributed by atoms with Crippen molar-refractivity contribution in [2.45, 2.75) is 4.90 Å². The zero-order chi connectivity index (χ0) is 23.4. The number of fused-ring (bicyclic) bond motifs is 1. The normalized spacial score (nSPS) is 11.6. The van der Waals surface area contributed by atoms with Crippen LogP contribution in [0, 0.1) is 0 Å². The van der Waals surface area contributed by atoms with Gasteiger partial charge in [-0.25, -0.2) is 8.42 Å². The highest BCUT2D eigenvalue weighted by molar-refractivity contribution is 7.92. The van der Waals surface area contributed by atoms with Gasteiger partial charge in [-0.2, -0.15) is 9.97 Å². The van der Waals surface area contributed by atoms with Gasteiger partial charge in [0.25, 0.3) is 10.0 Å². The van der Waals surface area contributed by atoms with Gasteiger partial charge in [0.2, 0.25) is 5.88 Å². The first-order chi connectivity index (χ1) is 15.9. The number of phenols is 1. The van der Waals surface area contributed by atoms with Crippen LogP contribution < -0.4 is 14.2 Å². The van der Waals surface area contributed by atoms with E-state index in [1.807, 2.05) is 30.3 Å². The predicted molar refractivity (Wildman–Crippen MR) is 125 cm³/mol. The maximum absolute atomic E-state index is 12.8. The smallest absolute Gasteiger partial charge is 0.321 e. The molecule has 4 aromatic rings. The quantitative estimate of drug-likeness (QED) is 0.398. The van der Waals surface area contributed by atoms with Gasteiger partial charge in [-0.3, -0.25) is 9.71 Å². The van der Waals surface area contributed by atoms with Crippen molar-refractivity contribution in [3.8, 4) is 17.6 Å². The molecule has 33 heavy (non-hydrogen) atoms. The fraction of sp³-hybridized carbons (Fsp3) is 0.0870. The molecule has 168 valence electrons. The van der Waals surface area contributed by atoms with E-state index in [0.717, 1.165) is 10.8 Å². The summed E-state index contributed by atoms with van der Waals surface area (Å²) in [6, 6.07) is 18.4. The van der Waals surface area contributed by atoms with Crippen LogP contribution in [0.1, 0.15) is 5.56 Å². The van der Waals surface area contributed by atoms with Gasteiger partial charge in [0.1, 0.15) is 5.75 Å². The molecular formula is C23H20N4O5S. The summed E-state index contributed by atoms with van der Waals surface area (Å²) in [5, 5.41) is 12.1. The highest BCUT2D eigenvalue weighted by Crippen LogP contribution is 2.27. The Morgan fingerprint density at radius 1 is 0.970 bits per heavy atom. The number of methoxy groups -OCH3 is 2. The number of phenolic OH excluding ortho intramolecular Hbond substituents is 1. The molecule has 0 saturated heterocycles. The first-order valence-corrected chi connectivity index (χ1v) is 11.2. The Bertz CT molecular complexity index is 1420. The summed E-state index contributed by atoms with van der Waals surface area (Å²) in [6.45, 7) is 0. The van der Waals surface area contributed by atoms with Crippen LogP contribution in [-0.2, 0) is 10.0 Å². The Morgan fingerprint density at radius 2 is 1.73 bits per heavy atom. The van der Waals surface area contributed by atoms with Gasteiger partial charge in [-0.1, -0.05) is 30.3 Å². The summed E-state index contributed by atoms with van der Waals surface area (Å²) >= 11 is 0. The minimum Gasteiger partial charge on any atom is -0.507 e. The number of aromatic nitrogens is 2. The van der Waals surface area contributed by atoms with Crippen LogP contribution in [0.4, 0.5) is 11.5 Å². The maximum Gasteiger partial charge on any atom is 0.321 e. The molecule has 0 spiro atoms. The number of aliphatic imine (C=N–C) groups is 1. The number of hydrogen-bond acceptors (Lipinski definition) is 8. The molecule has 0 bridgehead atoms. The number of ether oxygens (including phenoxy) is 2. The minimum atomic E-state index is -3.93. The Balaban J connectivity index is 1.57. The molecule has 0 fully saturated rings. The molecule has 4 rings (SSSR count). The van der Waals surface area contributed by atoms with Crippen LogP contribution in [0.5, 0.6) is 17.6 Å². The van der Waals surface area contributed by atoms with Crippen molar-refractivity contribution in [3.05, 3.63) is 72.3 Å². The summed E-state index contributed by atoms with van der Waals surface area (Å²) in [4.78, 5) is 12.3. The number of hydrogen-bond donors (Lipinski definition) is 2. The van der Waals surface area contributed by atoms with Gasteiger partial charge in [-0.15, -0.1) is 0 Å². The molecule has 0 radical (unpaired) electrons. The van der Waals surface area contributed by atoms with Crippen LogP contribution in [0.3, 0.4) is 0 Å². The lowest BCUT2D eigenvalue weighted by Gasteiger charge is -2.09. The number of anilines is 1. The summed E-state index contributed by atoms with van der Waals surface area (Å²) < 4.78 is 37.9. The number of sulfonamides is 1. The fourth-order valence-corrected chi connectivity index (χ4v) is 4.11. The molecule has 0 aliphatic carbocycles. The van der Waals surface area contributed by atoms with Crippen LogP contribution in [-0.4, -0.2) is 43.9 Å². The van der Waals surface area contributed by atoms with E-state index in [0.29, 0.717) is 11.3 Å². The summed E-state index contributed by atoms with van der Waals surface area (Å²) in [6.07, 6.45) is 1.55. The van der Waals surface area contributed by atoms with E-state index in [2.05, 4.69) is 19.7 Å². The topological polar surface area (TPSA) is 123 Å². The zero-order valence-corrected chi connectivity index (χ0v) is 18.6. The van der Waals surface area contributed by atoms with Crippen molar-refractivity contribution in [2.75, 3.05) is 18.9 Å². The SMILES string of the molecule is COc1cc(NS(=O)(=O)c2ccc(N=Cc3c(O)ccc4ccccc34)cc2)nc(OC)n1. The van der Waals surface area contributed by atoms with Gasteiger partial charge >= 0.3 is 6.01 Å².